The first-order chi connectivity index (χ1) is 6.80. The van der Waals surface area contributed by atoms with Crippen molar-refractivity contribution in [1.29, 1.82) is 0 Å². The van der Waals surface area contributed by atoms with Crippen LogP contribution in [0.15, 0.2) is 18.7 Å². The Bertz CT molecular complexity index is 380. The second kappa shape index (κ2) is 4.19. The Labute approximate surface area is 85.3 Å². The Morgan fingerprint density at radius 3 is 2.07 bits per heavy atom. The van der Waals surface area contributed by atoms with Gasteiger partial charge in [-0.15, -0.1) is 0 Å². The van der Waals surface area contributed by atoms with Crippen molar-refractivity contribution in [2.24, 2.45) is 0 Å². The maximum atomic E-state index is 11.0. The minimum Gasteiger partial charge on any atom is -0.366 e. The van der Waals surface area contributed by atoms with Crippen molar-refractivity contribution in [2.45, 2.75) is 5.08 Å². The third kappa shape index (κ3) is 2.21. The van der Waals surface area contributed by atoms with Crippen molar-refractivity contribution in [1.82, 2.24) is 9.97 Å². The summed E-state index contributed by atoms with van der Waals surface area (Å²) in [6, 6.07) is 0. The van der Waals surface area contributed by atoms with Crippen LogP contribution in [-0.4, -0.2) is 34.6 Å². The molecular weight excluding hydrogens is 246 g/mol. The minimum absolute atomic E-state index is 0.450. The standard InChI is InChI=1S/C5H8N2O6P2/c8-5(14(9)10,15(11,12)13)4-1-6-3-7-2-4/h1-3,8-10H,(H2,11,12,13). The zero-order chi connectivity index (χ0) is 11.7. The van der Waals surface area contributed by atoms with Gasteiger partial charge >= 0.3 is 7.60 Å². The van der Waals surface area contributed by atoms with Crippen molar-refractivity contribution in [2.75, 3.05) is 0 Å². The maximum absolute atomic E-state index is 11.0. The van der Waals surface area contributed by atoms with Crippen molar-refractivity contribution in [3.8, 4) is 0 Å². The predicted octanol–water partition coefficient (Wildman–Crippen LogP) is -0.947. The number of aliphatic hydroxyl groups is 1. The lowest BCUT2D eigenvalue weighted by molar-refractivity contribution is 0.147. The molecule has 15 heavy (non-hydrogen) atoms. The number of nitrogens with zero attached hydrogens (tertiary/aromatic N) is 2. The van der Waals surface area contributed by atoms with Gasteiger partial charge in [-0.05, 0) is 0 Å². The molecule has 84 valence electrons. The van der Waals surface area contributed by atoms with Crippen LogP contribution < -0.4 is 0 Å². The summed E-state index contributed by atoms with van der Waals surface area (Å²) in [6.45, 7) is 0. The van der Waals surface area contributed by atoms with Gasteiger partial charge in [-0.1, -0.05) is 0 Å². The van der Waals surface area contributed by atoms with Gasteiger partial charge < -0.3 is 24.7 Å². The van der Waals surface area contributed by atoms with E-state index in [0.717, 1.165) is 18.7 Å². The molecule has 8 nitrogen and oxygen atoms in total. The molecule has 0 amide bonds. The van der Waals surface area contributed by atoms with Gasteiger partial charge in [0.1, 0.15) is 6.33 Å². The normalized spacial score (nSPS) is 16.4. The van der Waals surface area contributed by atoms with E-state index in [4.69, 9.17) is 19.6 Å². The van der Waals surface area contributed by atoms with Crippen LogP contribution in [0, 0.1) is 0 Å². The Balaban J connectivity index is 3.33. The van der Waals surface area contributed by atoms with Crippen molar-refractivity contribution < 1.29 is 29.2 Å². The number of hydrogen-bond acceptors (Lipinski definition) is 6. The molecule has 0 bridgehead atoms. The molecule has 0 aliphatic heterocycles. The third-order valence-electron chi connectivity index (χ3n) is 1.63. The summed E-state index contributed by atoms with van der Waals surface area (Å²) in [4.78, 5) is 42.3. The fourth-order valence-electron chi connectivity index (χ4n) is 0.872. The molecule has 0 saturated carbocycles. The van der Waals surface area contributed by atoms with Gasteiger partial charge in [0, 0.05) is 18.0 Å². The number of aromatic nitrogens is 2. The summed E-state index contributed by atoms with van der Waals surface area (Å²) in [6.07, 6.45) is 2.86. The highest BCUT2D eigenvalue weighted by molar-refractivity contribution is 7.68. The smallest absolute Gasteiger partial charge is 0.366 e. The van der Waals surface area contributed by atoms with Gasteiger partial charge in [0.05, 0.1) is 0 Å². The lowest BCUT2D eigenvalue weighted by Gasteiger charge is -2.28. The van der Waals surface area contributed by atoms with E-state index in [9.17, 15) is 9.67 Å². The zero-order valence-electron chi connectivity index (χ0n) is 7.17. The Hall–Kier alpha value is -0.460. The molecule has 5 N–H and O–H groups in total. The third-order valence-corrected chi connectivity index (χ3v) is 4.84. The van der Waals surface area contributed by atoms with Gasteiger partial charge in [-0.2, -0.15) is 0 Å². The van der Waals surface area contributed by atoms with E-state index >= 15 is 0 Å². The molecule has 0 spiro atoms. The van der Waals surface area contributed by atoms with E-state index in [1.165, 1.54) is 0 Å². The van der Waals surface area contributed by atoms with Crippen LogP contribution in [0.3, 0.4) is 0 Å². The van der Waals surface area contributed by atoms with Crippen molar-refractivity contribution in [3.63, 3.8) is 0 Å². The molecule has 10 heteroatoms. The second-order valence-corrected chi connectivity index (χ2v) is 5.91. The Morgan fingerprint density at radius 2 is 1.73 bits per heavy atom. The molecule has 0 fully saturated rings. The lowest BCUT2D eigenvalue weighted by atomic mass is 10.4. The Kier molecular flexibility index (Phi) is 3.52. The molecule has 1 atom stereocenters. The SMILES string of the molecule is O=P(O)(O)C(O)(c1cncnc1)P(O)O. The molecule has 1 rings (SSSR count). The molecule has 1 heterocycles. The topological polar surface area (TPSA) is 144 Å². The fraction of sp³-hybridized carbons (Fsp3) is 0.200. The van der Waals surface area contributed by atoms with Gasteiger partial charge in [0.25, 0.3) is 5.08 Å². The van der Waals surface area contributed by atoms with E-state index in [1.54, 1.807) is 0 Å². The molecule has 0 aromatic carbocycles. The number of rotatable bonds is 3. The van der Waals surface area contributed by atoms with Gasteiger partial charge in [-0.3, -0.25) is 4.57 Å². The van der Waals surface area contributed by atoms with Crippen LogP contribution in [0.1, 0.15) is 5.56 Å². The minimum atomic E-state index is -5.16. The summed E-state index contributed by atoms with van der Waals surface area (Å²) < 4.78 is 11.0. The van der Waals surface area contributed by atoms with Crippen LogP contribution in [-0.2, 0) is 9.65 Å². The Morgan fingerprint density at radius 1 is 1.27 bits per heavy atom. The number of hydrogen-bond donors (Lipinski definition) is 5. The van der Waals surface area contributed by atoms with Crippen LogP contribution in [0.2, 0.25) is 0 Å². The predicted molar refractivity (Wildman–Crippen MR) is 49.3 cm³/mol. The van der Waals surface area contributed by atoms with Crippen LogP contribution >= 0.6 is 16.0 Å². The largest absolute Gasteiger partial charge is 0.370 e. The highest BCUT2D eigenvalue weighted by Crippen LogP contribution is 2.68. The average molecular weight is 254 g/mol. The highest BCUT2D eigenvalue weighted by atomic mass is 31.2. The maximum Gasteiger partial charge on any atom is 0.370 e. The molecule has 0 radical (unpaired) electrons. The van der Waals surface area contributed by atoms with Gasteiger partial charge in [0.2, 0.25) is 8.38 Å². The first-order valence-electron chi connectivity index (χ1n) is 3.51. The van der Waals surface area contributed by atoms with E-state index in [0.29, 0.717) is 0 Å². The summed E-state index contributed by atoms with van der Waals surface area (Å²) in [5.41, 5.74) is -0.450. The van der Waals surface area contributed by atoms with Crippen LogP contribution in [0.4, 0.5) is 0 Å². The molecule has 1 aromatic rings. The molecular formula is C5H8N2O6P2. The molecule has 0 aliphatic rings. The zero-order valence-corrected chi connectivity index (χ0v) is 8.95. The summed E-state index contributed by atoms with van der Waals surface area (Å²) in [5, 5.41) is 6.53. The molecule has 1 unspecified atom stereocenters. The average Bonchev–Trinajstić information content (AvgIpc) is 2.16. The second-order valence-electron chi connectivity index (χ2n) is 2.60. The van der Waals surface area contributed by atoms with Crippen LogP contribution in [0.25, 0.3) is 0 Å². The van der Waals surface area contributed by atoms with Crippen LogP contribution in [0.5, 0.6) is 0 Å². The van der Waals surface area contributed by atoms with E-state index in [-0.39, 0.29) is 0 Å². The first kappa shape index (κ1) is 12.6. The van der Waals surface area contributed by atoms with E-state index in [1.807, 2.05) is 0 Å². The summed E-state index contributed by atoms with van der Waals surface area (Å²) >= 11 is 0. The molecule has 0 aliphatic carbocycles. The molecule has 1 aromatic heterocycles. The fourth-order valence-corrected chi connectivity index (χ4v) is 2.60. The van der Waals surface area contributed by atoms with Gasteiger partial charge in [0.15, 0.2) is 0 Å². The van der Waals surface area contributed by atoms with Crippen molar-refractivity contribution in [3.05, 3.63) is 24.3 Å². The monoisotopic (exact) mass is 254 g/mol. The van der Waals surface area contributed by atoms with E-state index in [2.05, 4.69) is 9.97 Å². The quantitative estimate of drug-likeness (QED) is 0.434. The highest BCUT2D eigenvalue weighted by Gasteiger charge is 2.54. The lowest BCUT2D eigenvalue weighted by Crippen LogP contribution is -2.24. The van der Waals surface area contributed by atoms with Gasteiger partial charge in [-0.25, -0.2) is 9.97 Å². The van der Waals surface area contributed by atoms with Crippen molar-refractivity contribution >= 4 is 16.0 Å². The molecule has 0 saturated heterocycles. The van der Waals surface area contributed by atoms with E-state index < -0.39 is 26.6 Å². The first-order valence-corrected chi connectivity index (χ1v) is 6.37. The summed E-state index contributed by atoms with van der Waals surface area (Å²) in [5.74, 6) is 0. The summed E-state index contributed by atoms with van der Waals surface area (Å²) in [7, 11) is -8.46.